The summed E-state index contributed by atoms with van der Waals surface area (Å²) in [6, 6.07) is 14.2. The minimum absolute atomic E-state index is 0.104. The standard InChI is InChI=1S/C29H31FN2O3/c30-23-9-7-20(8-10-23)27(33)26-16-21-4-3-5-22-17-29(34-14-15-35-29)12-11-28(22,25(21)19-32-26)18-24-6-1-2-13-31-24/h1-2,6-10,13,16,19,22,27,33H,3-5,11-12,14-15,17-18H2/t22-,27?,28+/m1/s1. The summed E-state index contributed by atoms with van der Waals surface area (Å²) in [6.45, 7) is 1.34. The quantitative estimate of drug-likeness (QED) is 0.573. The van der Waals surface area contributed by atoms with Gasteiger partial charge in [-0.15, -0.1) is 0 Å². The Kier molecular flexibility index (Phi) is 5.91. The van der Waals surface area contributed by atoms with E-state index in [0.717, 1.165) is 50.6 Å². The molecule has 0 bridgehead atoms. The Bertz CT molecular complexity index is 1180. The van der Waals surface area contributed by atoms with Crippen molar-refractivity contribution >= 4 is 0 Å². The van der Waals surface area contributed by atoms with Crippen LogP contribution in [0.25, 0.3) is 0 Å². The summed E-state index contributed by atoms with van der Waals surface area (Å²) in [5.74, 6) is -0.370. The number of aliphatic hydroxyl groups excluding tert-OH is 1. The number of halogens is 1. The molecule has 6 heteroatoms. The molecule has 35 heavy (non-hydrogen) atoms. The van der Waals surface area contributed by atoms with E-state index in [-0.39, 0.29) is 11.2 Å². The van der Waals surface area contributed by atoms with Crippen LogP contribution >= 0.6 is 0 Å². The van der Waals surface area contributed by atoms with Gasteiger partial charge in [-0.3, -0.25) is 9.97 Å². The molecule has 2 aliphatic carbocycles. The third-order valence-corrected chi connectivity index (χ3v) is 8.34. The third kappa shape index (κ3) is 4.18. The predicted octanol–water partition coefficient (Wildman–Crippen LogP) is 5.06. The number of aryl methyl sites for hydroxylation is 1. The zero-order chi connectivity index (χ0) is 23.9. The van der Waals surface area contributed by atoms with Crippen LogP contribution in [-0.4, -0.2) is 34.1 Å². The van der Waals surface area contributed by atoms with Gasteiger partial charge >= 0.3 is 0 Å². The van der Waals surface area contributed by atoms with Gasteiger partial charge in [-0.05, 0) is 85.0 Å². The van der Waals surface area contributed by atoms with Crippen LogP contribution < -0.4 is 0 Å². The van der Waals surface area contributed by atoms with E-state index in [1.807, 2.05) is 18.5 Å². The molecule has 6 rings (SSSR count). The third-order valence-electron chi connectivity index (χ3n) is 8.34. The number of hydrogen-bond acceptors (Lipinski definition) is 5. The summed E-state index contributed by atoms with van der Waals surface area (Å²) in [4.78, 5) is 9.46. The first-order chi connectivity index (χ1) is 17.1. The second kappa shape index (κ2) is 9.08. The fraction of sp³-hybridized carbons (Fsp3) is 0.448. The van der Waals surface area contributed by atoms with Crippen molar-refractivity contribution < 1.29 is 19.0 Å². The second-order valence-corrected chi connectivity index (χ2v) is 10.3. The minimum Gasteiger partial charge on any atom is -0.382 e. The van der Waals surface area contributed by atoms with E-state index in [1.165, 1.54) is 23.3 Å². The van der Waals surface area contributed by atoms with Crippen LogP contribution in [0.3, 0.4) is 0 Å². The van der Waals surface area contributed by atoms with E-state index in [4.69, 9.17) is 19.4 Å². The number of fused-ring (bicyclic) bond motifs is 3. The first-order valence-corrected chi connectivity index (χ1v) is 12.7. The summed E-state index contributed by atoms with van der Waals surface area (Å²) < 4.78 is 25.7. The molecular weight excluding hydrogens is 443 g/mol. The fourth-order valence-corrected chi connectivity index (χ4v) is 6.61. The van der Waals surface area contributed by atoms with Crippen LogP contribution in [0.4, 0.5) is 4.39 Å². The number of aliphatic hydroxyl groups is 1. The highest BCUT2D eigenvalue weighted by molar-refractivity contribution is 5.40. The highest BCUT2D eigenvalue weighted by Crippen LogP contribution is 2.55. The molecule has 1 aromatic carbocycles. The van der Waals surface area contributed by atoms with Gasteiger partial charge in [0.25, 0.3) is 0 Å². The molecule has 1 unspecified atom stereocenters. The Morgan fingerprint density at radius 1 is 1.06 bits per heavy atom. The molecule has 1 N–H and O–H groups in total. The molecule has 2 aromatic heterocycles. The van der Waals surface area contributed by atoms with E-state index in [0.29, 0.717) is 30.4 Å². The van der Waals surface area contributed by atoms with E-state index in [2.05, 4.69) is 18.2 Å². The number of pyridine rings is 2. The molecule has 182 valence electrons. The zero-order valence-electron chi connectivity index (χ0n) is 19.8. The first-order valence-electron chi connectivity index (χ1n) is 12.7. The lowest BCUT2D eigenvalue weighted by atomic mass is 9.58. The van der Waals surface area contributed by atoms with Crippen molar-refractivity contribution in [2.75, 3.05) is 13.2 Å². The van der Waals surface area contributed by atoms with Gasteiger partial charge in [-0.2, -0.15) is 0 Å². The lowest BCUT2D eigenvalue weighted by molar-refractivity contribution is -0.199. The summed E-state index contributed by atoms with van der Waals surface area (Å²) in [5.41, 5.74) is 4.75. The Hall–Kier alpha value is -2.67. The number of hydrogen-bond donors (Lipinski definition) is 1. The van der Waals surface area contributed by atoms with E-state index >= 15 is 0 Å². The van der Waals surface area contributed by atoms with Gasteiger partial charge in [-0.1, -0.05) is 18.2 Å². The van der Waals surface area contributed by atoms with Crippen LogP contribution in [0.15, 0.2) is 60.9 Å². The first kappa shape index (κ1) is 22.8. The molecule has 0 radical (unpaired) electrons. The largest absolute Gasteiger partial charge is 0.382 e. The Labute approximate surface area is 205 Å². The molecular formula is C29H31FN2O3. The molecule has 1 spiro atoms. The predicted molar refractivity (Wildman–Crippen MR) is 129 cm³/mol. The van der Waals surface area contributed by atoms with Crippen LogP contribution in [0.5, 0.6) is 0 Å². The van der Waals surface area contributed by atoms with Crippen molar-refractivity contribution in [3.05, 3.63) is 94.8 Å². The van der Waals surface area contributed by atoms with Crippen molar-refractivity contribution in [2.45, 2.75) is 62.3 Å². The Balaban J connectivity index is 1.40. The molecule has 5 nitrogen and oxygen atoms in total. The Morgan fingerprint density at radius 3 is 2.66 bits per heavy atom. The van der Waals surface area contributed by atoms with Gasteiger partial charge in [0.15, 0.2) is 5.79 Å². The number of nitrogens with zero attached hydrogens (tertiary/aromatic N) is 2. The molecule has 1 aliphatic heterocycles. The number of benzene rings is 1. The molecule has 1 saturated heterocycles. The van der Waals surface area contributed by atoms with Crippen LogP contribution in [0, 0.1) is 11.7 Å². The number of rotatable bonds is 4. The van der Waals surface area contributed by atoms with E-state index in [9.17, 15) is 9.50 Å². The fourth-order valence-electron chi connectivity index (χ4n) is 6.61. The monoisotopic (exact) mass is 474 g/mol. The SMILES string of the molecule is OC(c1ccc(F)cc1)c1cc2c(cn1)[C@]1(Cc3ccccn3)CCC3(C[C@H]1CCC2)OCCO3. The highest BCUT2D eigenvalue weighted by atomic mass is 19.1. The molecule has 3 aromatic rings. The molecule has 2 fully saturated rings. The summed E-state index contributed by atoms with van der Waals surface area (Å²) >= 11 is 0. The molecule has 3 heterocycles. The lowest BCUT2D eigenvalue weighted by Gasteiger charge is -2.49. The number of ether oxygens (including phenoxy) is 2. The smallest absolute Gasteiger partial charge is 0.168 e. The maximum absolute atomic E-state index is 13.4. The van der Waals surface area contributed by atoms with E-state index in [1.54, 1.807) is 12.1 Å². The maximum atomic E-state index is 13.4. The van der Waals surface area contributed by atoms with Gasteiger partial charge in [-0.25, -0.2) is 4.39 Å². The second-order valence-electron chi connectivity index (χ2n) is 10.3. The van der Waals surface area contributed by atoms with E-state index < -0.39 is 11.9 Å². The molecule has 3 atom stereocenters. The van der Waals surface area contributed by atoms with Crippen molar-refractivity contribution in [2.24, 2.45) is 5.92 Å². The van der Waals surface area contributed by atoms with Crippen molar-refractivity contribution in [1.82, 2.24) is 9.97 Å². The summed E-state index contributed by atoms with van der Waals surface area (Å²) in [7, 11) is 0. The van der Waals surface area contributed by atoms with Crippen LogP contribution in [0.1, 0.15) is 66.3 Å². The van der Waals surface area contributed by atoms with Gasteiger partial charge in [0.05, 0.1) is 18.9 Å². The Morgan fingerprint density at radius 2 is 1.89 bits per heavy atom. The maximum Gasteiger partial charge on any atom is 0.168 e. The van der Waals surface area contributed by atoms with Crippen LogP contribution in [0.2, 0.25) is 0 Å². The lowest BCUT2D eigenvalue weighted by Crippen LogP contribution is -2.49. The summed E-state index contributed by atoms with van der Waals surface area (Å²) in [5, 5.41) is 11.0. The van der Waals surface area contributed by atoms with Gasteiger partial charge in [0.1, 0.15) is 11.9 Å². The average molecular weight is 475 g/mol. The average Bonchev–Trinajstić information content (AvgIpc) is 3.28. The molecule has 3 aliphatic rings. The van der Waals surface area contributed by atoms with Crippen molar-refractivity contribution in [3.63, 3.8) is 0 Å². The molecule has 1 saturated carbocycles. The van der Waals surface area contributed by atoms with Crippen LogP contribution in [-0.2, 0) is 27.7 Å². The van der Waals surface area contributed by atoms with Gasteiger partial charge in [0, 0.05) is 36.3 Å². The minimum atomic E-state index is -0.887. The normalized spacial score (nSPS) is 26.1. The van der Waals surface area contributed by atoms with Crippen molar-refractivity contribution in [1.29, 1.82) is 0 Å². The topological polar surface area (TPSA) is 64.5 Å². The summed E-state index contributed by atoms with van der Waals surface area (Å²) in [6.07, 6.45) is 9.61. The van der Waals surface area contributed by atoms with Gasteiger partial charge in [0.2, 0.25) is 0 Å². The van der Waals surface area contributed by atoms with Crippen molar-refractivity contribution in [3.8, 4) is 0 Å². The number of aromatic nitrogens is 2. The highest BCUT2D eigenvalue weighted by Gasteiger charge is 2.54. The van der Waals surface area contributed by atoms with Gasteiger partial charge < -0.3 is 14.6 Å². The zero-order valence-corrected chi connectivity index (χ0v) is 19.8. The molecule has 0 amide bonds.